The fourth-order valence-electron chi connectivity index (χ4n) is 3.64. The predicted octanol–water partition coefficient (Wildman–Crippen LogP) is 6.09. The van der Waals surface area contributed by atoms with Gasteiger partial charge in [-0.15, -0.1) is 11.3 Å². The molecule has 4 rings (SSSR count). The third-order valence-corrected chi connectivity index (χ3v) is 5.68. The lowest BCUT2D eigenvalue weighted by atomic mass is 10.2. The highest BCUT2D eigenvalue weighted by Gasteiger charge is 2.31. The maximum atomic E-state index is 12.9. The Kier molecular flexibility index (Phi) is 4.26. The molecule has 7 heteroatoms. The molecule has 0 aliphatic heterocycles. The van der Waals surface area contributed by atoms with Crippen LogP contribution in [-0.2, 0) is 6.18 Å². The topological polar surface area (TPSA) is 34.0 Å². The highest BCUT2D eigenvalue weighted by Crippen LogP contribution is 2.37. The maximum absolute atomic E-state index is 12.9. The lowest BCUT2D eigenvalue weighted by Crippen LogP contribution is -2.19. The Bertz CT molecular complexity index is 951. The van der Waals surface area contributed by atoms with Gasteiger partial charge in [0.05, 0.1) is 15.8 Å². The van der Waals surface area contributed by atoms with Gasteiger partial charge >= 0.3 is 6.18 Å². The summed E-state index contributed by atoms with van der Waals surface area (Å²) < 4.78 is 41.7. The minimum atomic E-state index is -4.44. The van der Waals surface area contributed by atoms with E-state index in [1.54, 1.807) is 11.3 Å². The first-order valence-electron chi connectivity index (χ1n) is 8.50. The van der Waals surface area contributed by atoms with Crippen molar-refractivity contribution in [1.29, 1.82) is 0 Å². The molecule has 0 spiro atoms. The average molecular weight is 378 g/mol. The van der Waals surface area contributed by atoms with Gasteiger partial charge in [-0.25, -0.2) is 0 Å². The maximum Gasteiger partial charge on any atom is 0.416 e. The summed E-state index contributed by atoms with van der Waals surface area (Å²) >= 11 is 1.56. The number of hydrogen-bond acceptors (Lipinski definition) is 2. The monoisotopic (exact) mass is 378 g/mol. The largest absolute Gasteiger partial charge is 0.416 e. The predicted molar refractivity (Wildman–Crippen MR) is 96.7 cm³/mol. The van der Waals surface area contributed by atoms with Gasteiger partial charge in [-0.3, -0.25) is 4.79 Å². The second kappa shape index (κ2) is 6.46. The molecule has 1 saturated carbocycles. The van der Waals surface area contributed by atoms with Gasteiger partial charge in [0, 0.05) is 11.7 Å². The Balaban J connectivity index is 1.67. The highest BCUT2D eigenvalue weighted by atomic mass is 32.1. The van der Waals surface area contributed by atoms with Crippen molar-refractivity contribution in [3.8, 4) is 0 Å². The van der Waals surface area contributed by atoms with Crippen LogP contribution in [-0.4, -0.2) is 10.5 Å². The van der Waals surface area contributed by atoms with E-state index in [1.807, 2.05) is 17.5 Å². The average Bonchev–Trinajstić information content (AvgIpc) is 3.30. The van der Waals surface area contributed by atoms with E-state index in [1.165, 1.54) is 12.1 Å². The van der Waals surface area contributed by atoms with Crippen LogP contribution in [0.5, 0.6) is 0 Å². The molecule has 0 radical (unpaired) electrons. The van der Waals surface area contributed by atoms with E-state index in [4.69, 9.17) is 0 Å². The van der Waals surface area contributed by atoms with Gasteiger partial charge in [0.1, 0.15) is 5.69 Å². The molecule has 136 valence electrons. The van der Waals surface area contributed by atoms with E-state index in [0.29, 0.717) is 5.69 Å². The lowest BCUT2D eigenvalue weighted by molar-refractivity contribution is -0.137. The molecule has 1 N–H and O–H groups in total. The molecular weight excluding hydrogens is 361 g/mol. The molecule has 0 saturated heterocycles. The summed E-state index contributed by atoms with van der Waals surface area (Å²) in [6.45, 7) is 0. The summed E-state index contributed by atoms with van der Waals surface area (Å²) in [6, 6.07) is 8.83. The Morgan fingerprint density at radius 3 is 2.65 bits per heavy atom. The SMILES string of the molecule is O=C(Nc1cccc(C(F)(F)F)c1)c1cc2sccc2n1C1CCCC1. The molecule has 1 aliphatic rings. The van der Waals surface area contributed by atoms with Gasteiger partial charge in [-0.05, 0) is 48.6 Å². The normalized spacial score (nSPS) is 15.7. The summed E-state index contributed by atoms with van der Waals surface area (Å²) in [5.41, 5.74) is 0.905. The standard InChI is InChI=1S/C19H17F3N2OS/c20-19(21,22)12-4-3-5-13(10-12)23-18(25)16-11-17-15(8-9-26-17)24(16)14-6-1-2-7-14/h3-5,8-11,14H,1-2,6-7H2,(H,23,25). The Hall–Kier alpha value is -2.28. The number of halogens is 3. The molecule has 1 fully saturated rings. The van der Waals surface area contributed by atoms with Gasteiger partial charge in [0.15, 0.2) is 0 Å². The van der Waals surface area contributed by atoms with Crippen LogP contribution >= 0.6 is 11.3 Å². The van der Waals surface area contributed by atoms with Crippen LogP contribution in [0.4, 0.5) is 18.9 Å². The first kappa shape index (κ1) is 17.1. The summed E-state index contributed by atoms with van der Waals surface area (Å²) in [6.07, 6.45) is -0.146. The smallest absolute Gasteiger partial charge is 0.333 e. The Labute approximate surface area is 152 Å². The first-order valence-corrected chi connectivity index (χ1v) is 9.38. The quantitative estimate of drug-likeness (QED) is 0.588. The van der Waals surface area contributed by atoms with Crippen molar-refractivity contribution in [2.45, 2.75) is 37.9 Å². The van der Waals surface area contributed by atoms with Crippen molar-refractivity contribution in [1.82, 2.24) is 4.57 Å². The number of carbonyl (C=O) groups excluding carboxylic acids is 1. The van der Waals surface area contributed by atoms with Crippen molar-refractivity contribution in [3.05, 3.63) is 53.0 Å². The van der Waals surface area contributed by atoms with Crippen LogP contribution in [0.15, 0.2) is 41.8 Å². The first-order chi connectivity index (χ1) is 12.4. The second-order valence-electron chi connectivity index (χ2n) is 6.54. The molecule has 3 aromatic rings. The van der Waals surface area contributed by atoms with Gasteiger partial charge < -0.3 is 9.88 Å². The number of aromatic nitrogens is 1. The van der Waals surface area contributed by atoms with E-state index in [9.17, 15) is 18.0 Å². The number of rotatable bonds is 3. The van der Waals surface area contributed by atoms with Crippen molar-refractivity contribution in [3.63, 3.8) is 0 Å². The molecule has 2 aromatic heterocycles. The van der Waals surface area contributed by atoms with Crippen molar-refractivity contribution in [2.75, 3.05) is 5.32 Å². The van der Waals surface area contributed by atoms with Crippen LogP contribution in [0.3, 0.4) is 0 Å². The summed E-state index contributed by atoms with van der Waals surface area (Å²) in [4.78, 5) is 12.8. The minimum Gasteiger partial charge on any atom is -0.333 e. The third kappa shape index (κ3) is 3.11. The molecule has 1 amide bonds. The summed E-state index contributed by atoms with van der Waals surface area (Å²) in [5, 5.41) is 4.62. The molecule has 26 heavy (non-hydrogen) atoms. The minimum absolute atomic E-state index is 0.146. The zero-order valence-corrected chi connectivity index (χ0v) is 14.7. The molecule has 0 atom stereocenters. The van der Waals surface area contributed by atoms with Gasteiger partial charge in [0.2, 0.25) is 0 Å². The van der Waals surface area contributed by atoms with Crippen molar-refractivity contribution in [2.24, 2.45) is 0 Å². The number of thiophene rings is 1. The molecule has 0 unspecified atom stereocenters. The molecular formula is C19H17F3N2OS. The molecule has 3 nitrogen and oxygen atoms in total. The number of alkyl halides is 3. The zero-order valence-electron chi connectivity index (χ0n) is 13.8. The number of nitrogens with zero attached hydrogens (tertiary/aromatic N) is 1. The molecule has 1 aromatic carbocycles. The van der Waals surface area contributed by atoms with Crippen molar-refractivity contribution < 1.29 is 18.0 Å². The number of carbonyl (C=O) groups is 1. The number of fused-ring (bicyclic) bond motifs is 1. The van der Waals surface area contributed by atoms with Crippen LogP contribution in [0, 0.1) is 0 Å². The zero-order chi connectivity index (χ0) is 18.3. The highest BCUT2D eigenvalue weighted by molar-refractivity contribution is 7.17. The van der Waals surface area contributed by atoms with Gasteiger partial charge in [-0.1, -0.05) is 18.9 Å². The van der Waals surface area contributed by atoms with Gasteiger partial charge in [-0.2, -0.15) is 13.2 Å². The van der Waals surface area contributed by atoms with Crippen LogP contribution in [0.25, 0.3) is 10.2 Å². The fraction of sp³-hybridized carbons (Fsp3) is 0.316. The Morgan fingerprint density at radius 1 is 1.15 bits per heavy atom. The Morgan fingerprint density at radius 2 is 1.92 bits per heavy atom. The summed E-state index contributed by atoms with van der Waals surface area (Å²) in [7, 11) is 0. The third-order valence-electron chi connectivity index (χ3n) is 4.83. The molecule has 0 bridgehead atoms. The number of anilines is 1. The van der Waals surface area contributed by atoms with Crippen molar-refractivity contribution >= 4 is 33.1 Å². The van der Waals surface area contributed by atoms with E-state index >= 15 is 0 Å². The number of amides is 1. The number of benzene rings is 1. The number of nitrogens with one attached hydrogen (secondary N) is 1. The van der Waals surface area contributed by atoms with E-state index in [2.05, 4.69) is 9.88 Å². The molecule has 1 aliphatic carbocycles. The lowest BCUT2D eigenvalue weighted by Gasteiger charge is -2.17. The molecule has 2 heterocycles. The second-order valence-corrected chi connectivity index (χ2v) is 7.49. The fourth-order valence-corrected chi connectivity index (χ4v) is 4.45. The van der Waals surface area contributed by atoms with E-state index in [-0.39, 0.29) is 17.6 Å². The summed E-state index contributed by atoms with van der Waals surface area (Å²) in [5.74, 6) is -0.375. The van der Waals surface area contributed by atoms with Crippen LogP contribution in [0.1, 0.15) is 47.8 Å². The number of hydrogen-bond donors (Lipinski definition) is 1. The van der Waals surface area contributed by atoms with Gasteiger partial charge in [0.25, 0.3) is 5.91 Å². The van der Waals surface area contributed by atoms with Crippen LogP contribution in [0.2, 0.25) is 0 Å². The van der Waals surface area contributed by atoms with E-state index in [0.717, 1.165) is 48.0 Å². The van der Waals surface area contributed by atoms with Crippen LogP contribution < -0.4 is 5.32 Å². The van der Waals surface area contributed by atoms with E-state index < -0.39 is 11.7 Å².